The Morgan fingerprint density at radius 3 is 2.96 bits per heavy atom. The second-order valence-electron chi connectivity index (χ2n) is 6.46. The molecule has 1 unspecified atom stereocenters. The molecule has 7 nitrogen and oxygen atoms in total. The quantitative estimate of drug-likeness (QED) is 0.737. The highest BCUT2D eigenvalue weighted by molar-refractivity contribution is 6.30. The number of pyridine rings is 1. The van der Waals surface area contributed by atoms with Crippen molar-refractivity contribution in [2.75, 3.05) is 13.2 Å². The molecule has 136 valence electrons. The van der Waals surface area contributed by atoms with Gasteiger partial charge in [-0.2, -0.15) is 5.10 Å². The minimum atomic E-state index is -0.353. The number of nitrogens with one attached hydrogen (secondary N) is 2. The fraction of sp³-hybridized carbons (Fsp3) is 0.588. The Labute approximate surface area is 152 Å². The third kappa shape index (κ3) is 4.22. The van der Waals surface area contributed by atoms with Crippen molar-refractivity contribution in [2.24, 2.45) is 13.0 Å². The molecule has 2 aromatic heterocycles. The van der Waals surface area contributed by atoms with Crippen LogP contribution in [0.15, 0.2) is 6.07 Å². The molecule has 0 aromatic carbocycles. The van der Waals surface area contributed by atoms with Crippen LogP contribution in [0.1, 0.15) is 31.0 Å². The molecule has 1 atom stereocenters. The van der Waals surface area contributed by atoms with Crippen LogP contribution < -0.4 is 10.6 Å². The Bertz CT molecular complexity index is 772. The number of amides is 1. The van der Waals surface area contributed by atoms with E-state index >= 15 is 0 Å². The predicted octanol–water partition coefficient (Wildman–Crippen LogP) is 2.54. The number of fused-ring (bicyclic) bond motifs is 1. The lowest BCUT2D eigenvalue weighted by molar-refractivity contribution is 0.146. The normalized spacial score (nSPS) is 15.4. The van der Waals surface area contributed by atoms with E-state index in [2.05, 4.69) is 20.7 Å². The molecule has 2 heterocycles. The Morgan fingerprint density at radius 1 is 1.52 bits per heavy atom. The first kappa shape index (κ1) is 17.9. The molecule has 1 amide bonds. The lowest BCUT2D eigenvalue weighted by Crippen LogP contribution is -2.43. The minimum Gasteiger partial charge on any atom is -0.450 e. The number of aryl methyl sites for hydroxylation is 2. The van der Waals surface area contributed by atoms with Gasteiger partial charge in [0.05, 0.1) is 12.3 Å². The van der Waals surface area contributed by atoms with E-state index in [1.165, 1.54) is 0 Å². The molecule has 2 aromatic rings. The molecule has 0 aliphatic heterocycles. The summed E-state index contributed by atoms with van der Waals surface area (Å²) in [5.41, 5.74) is 2.64. The van der Waals surface area contributed by atoms with Crippen molar-refractivity contribution in [3.05, 3.63) is 22.5 Å². The van der Waals surface area contributed by atoms with Crippen LogP contribution in [0.25, 0.3) is 11.0 Å². The SMILES string of the molecule is CCOC(=O)NC(CNCc1cc2c(C)nn(C)c2nc1Cl)C1CC1. The molecular formula is C17H24ClN5O2. The lowest BCUT2D eigenvalue weighted by atomic mass is 10.1. The molecule has 3 rings (SSSR count). The van der Waals surface area contributed by atoms with Crippen LogP contribution in [0.2, 0.25) is 5.15 Å². The number of carbonyl (C=O) groups excluding carboxylic acids is 1. The zero-order valence-electron chi connectivity index (χ0n) is 14.8. The summed E-state index contributed by atoms with van der Waals surface area (Å²) in [7, 11) is 1.86. The van der Waals surface area contributed by atoms with Gasteiger partial charge in [0, 0.05) is 37.1 Å². The van der Waals surface area contributed by atoms with Gasteiger partial charge in [0.15, 0.2) is 5.65 Å². The van der Waals surface area contributed by atoms with Gasteiger partial charge in [-0.05, 0) is 38.7 Å². The molecular weight excluding hydrogens is 342 g/mol. The van der Waals surface area contributed by atoms with Crippen molar-refractivity contribution in [3.8, 4) is 0 Å². The first-order chi connectivity index (χ1) is 12.0. The van der Waals surface area contributed by atoms with Gasteiger partial charge in [0.25, 0.3) is 0 Å². The van der Waals surface area contributed by atoms with Crippen LogP contribution in [0.5, 0.6) is 0 Å². The summed E-state index contributed by atoms with van der Waals surface area (Å²) in [4.78, 5) is 16.1. The molecule has 25 heavy (non-hydrogen) atoms. The number of hydrogen-bond donors (Lipinski definition) is 2. The highest BCUT2D eigenvalue weighted by atomic mass is 35.5. The van der Waals surface area contributed by atoms with E-state index in [9.17, 15) is 4.79 Å². The van der Waals surface area contributed by atoms with E-state index in [0.29, 0.717) is 30.8 Å². The zero-order chi connectivity index (χ0) is 18.0. The fourth-order valence-corrected chi connectivity index (χ4v) is 3.21. The zero-order valence-corrected chi connectivity index (χ0v) is 15.6. The molecule has 2 N–H and O–H groups in total. The average molecular weight is 366 g/mol. The van der Waals surface area contributed by atoms with Crippen molar-refractivity contribution in [3.63, 3.8) is 0 Å². The van der Waals surface area contributed by atoms with Crippen molar-refractivity contribution in [2.45, 2.75) is 39.3 Å². The van der Waals surface area contributed by atoms with Crippen LogP contribution in [-0.2, 0) is 18.3 Å². The Kier molecular flexibility index (Phi) is 5.44. The Hall–Kier alpha value is -1.86. The van der Waals surface area contributed by atoms with Gasteiger partial charge in [-0.15, -0.1) is 0 Å². The van der Waals surface area contributed by atoms with Crippen LogP contribution in [0, 0.1) is 12.8 Å². The first-order valence-corrected chi connectivity index (χ1v) is 9.00. The van der Waals surface area contributed by atoms with Crippen molar-refractivity contribution in [1.82, 2.24) is 25.4 Å². The van der Waals surface area contributed by atoms with Gasteiger partial charge in [-0.3, -0.25) is 4.68 Å². The third-order valence-corrected chi connectivity index (χ3v) is 4.80. The number of ether oxygens (including phenoxy) is 1. The molecule has 8 heteroatoms. The van der Waals surface area contributed by atoms with E-state index in [4.69, 9.17) is 16.3 Å². The number of halogens is 1. The number of carbonyl (C=O) groups is 1. The van der Waals surface area contributed by atoms with E-state index < -0.39 is 0 Å². The van der Waals surface area contributed by atoms with Gasteiger partial charge in [0.2, 0.25) is 0 Å². The van der Waals surface area contributed by atoms with Gasteiger partial charge < -0.3 is 15.4 Å². The highest BCUT2D eigenvalue weighted by Crippen LogP contribution is 2.32. The van der Waals surface area contributed by atoms with Gasteiger partial charge in [0.1, 0.15) is 5.15 Å². The average Bonchev–Trinajstić information content (AvgIpc) is 3.36. The molecule has 0 bridgehead atoms. The summed E-state index contributed by atoms with van der Waals surface area (Å²) in [6.45, 7) is 5.40. The first-order valence-electron chi connectivity index (χ1n) is 8.62. The van der Waals surface area contributed by atoms with Gasteiger partial charge >= 0.3 is 6.09 Å². The number of aromatic nitrogens is 3. The van der Waals surface area contributed by atoms with Crippen LogP contribution in [0.4, 0.5) is 4.79 Å². The van der Waals surface area contributed by atoms with Crippen LogP contribution in [0.3, 0.4) is 0 Å². The fourth-order valence-electron chi connectivity index (χ4n) is 3.01. The van der Waals surface area contributed by atoms with Crippen LogP contribution in [-0.4, -0.2) is 40.1 Å². The lowest BCUT2D eigenvalue weighted by Gasteiger charge is -2.18. The summed E-state index contributed by atoms with van der Waals surface area (Å²) < 4.78 is 6.72. The van der Waals surface area contributed by atoms with Gasteiger partial charge in [-0.1, -0.05) is 11.6 Å². The minimum absolute atomic E-state index is 0.0784. The summed E-state index contributed by atoms with van der Waals surface area (Å²) in [5, 5.41) is 12.2. The van der Waals surface area contributed by atoms with Crippen molar-refractivity contribution in [1.29, 1.82) is 0 Å². The Morgan fingerprint density at radius 2 is 2.28 bits per heavy atom. The van der Waals surface area contributed by atoms with E-state index in [1.54, 1.807) is 11.6 Å². The number of rotatable bonds is 7. The molecule has 1 fully saturated rings. The third-order valence-electron chi connectivity index (χ3n) is 4.47. The molecule has 0 spiro atoms. The summed E-state index contributed by atoms with van der Waals surface area (Å²) >= 11 is 6.32. The maximum absolute atomic E-state index is 11.7. The van der Waals surface area contributed by atoms with Crippen LogP contribution >= 0.6 is 11.6 Å². The largest absolute Gasteiger partial charge is 0.450 e. The maximum atomic E-state index is 11.7. The predicted molar refractivity (Wildman–Crippen MR) is 96.6 cm³/mol. The molecule has 1 saturated carbocycles. The topological polar surface area (TPSA) is 81.1 Å². The maximum Gasteiger partial charge on any atom is 0.407 e. The second-order valence-corrected chi connectivity index (χ2v) is 6.82. The van der Waals surface area contributed by atoms with Crippen molar-refractivity contribution < 1.29 is 9.53 Å². The van der Waals surface area contributed by atoms with E-state index in [0.717, 1.165) is 35.1 Å². The molecule has 0 radical (unpaired) electrons. The smallest absolute Gasteiger partial charge is 0.407 e. The standard InChI is InChI=1S/C17H24ClN5O2/c1-4-25-17(24)20-14(11-5-6-11)9-19-8-12-7-13-10(2)22-23(3)16(13)21-15(12)18/h7,11,14,19H,4-6,8-9H2,1-3H3,(H,20,24). The summed E-state index contributed by atoms with van der Waals surface area (Å²) in [6, 6.07) is 2.11. The van der Waals surface area contributed by atoms with E-state index in [-0.39, 0.29) is 12.1 Å². The van der Waals surface area contributed by atoms with Crippen molar-refractivity contribution >= 4 is 28.7 Å². The number of nitrogens with zero attached hydrogens (tertiary/aromatic N) is 3. The number of hydrogen-bond acceptors (Lipinski definition) is 5. The van der Waals surface area contributed by atoms with E-state index in [1.807, 2.05) is 20.0 Å². The number of alkyl carbamates (subject to hydrolysis) is 1. The molecule has 0 saturated heterocycles. The second kappa shape index (κ2) is 7.58. The Balaban J connectivity index is 1.62. The molecule has 1 aliphatic rings. The monoisotopic (exact) mass is 365 g/mol. The summed E-state index contributed by atoms with van der Waals surface area (Å²) in [6.07, 6.45) is 1.93. The molecule has 1 aliphatic carbocycles. The summed E-state index contributed by atoms with van der Waals surface area (Å²) in [5.74, 6) is 0.522. The van der Waals surface area contributed by atoms with Gasteiger partial charge in [-0.25, -0.2) is 9.78 Å². The highest BCUT2D eigenvalue weighted by Gasteiger charge is 2.32.